The minimum Gasteiger partial charge on any atom is -0.321 e. The number of hydrogen-bond acceptors (Lipinski definition) is 7. The first kappa shape index (κ1) is 28.7. The number of thioether (sulfide) groups is 1. The SMILES string of the molecule is Cc1nnc(NC(=O)C(C)Sc2cccc(NC(=O)/C(=C\c3cccc4ccccc34)NC(=O)c3ccccc3)c2)s1. The van der Waals surface area contributed by atoms with Gasteiger partial charge in [0.1, 0.15) is 10.7 Å². The second-order valence-corrected chi connectivity index (χ2v) is 11.9. The number of aromatic nitrogens is 2. The van der Waals surface area contributed by atoms with Gasteiger partial charge in [0.05, 0.1) is 5.25 Å². The summed E-state index contributed by atoms with van der Waals surface area (Å²) in [6, 6.07) is 29.6. The first-order valence-corrected chi connectivity index (χ1v) is 14.8. The lowest BCUT2D eigenvalue weighted by atomic mass is 10.0. The molecule has 5 aromatic rings. The number of benzene rings is 4. The Balaban J connectivity index is 1.36. The van der Waals surface area contributed by atoms with E-state index in [-0.39, 0.29) is 11.6 Å². The van der Waals surface area contributed by atoms with Crippen LogP contribution in [0.4, 0.5) is 10.8 Å². The minimum atomic E-state index is -0.480. The summed E-state index contributed by atoms with van der Waals surface area (Å²) in [6.07, 6.45) is 1.68. The highest BCUT2D eigenvalue weighted by Crippen LogP contribution is 2.27. The van der Waals surface area contributed by atoms with Crippen molar-refractivity contribution in [2.45, 2.75) is 24.0 Å². The fraction of sp³-hybridized carbons (Fsp3) is 0.0938. The van der Waals surface area contributed by atoms with Gasteiger partial charge in [-0.25, -0.2) is 0 Å². The Morgan fingerprint density at radius 3 is 2.38 bits per heavy atom. The zero-order valence-electron chi connectivity index (χ0n) is 22.8. The predicted octanol–water partition coefficient (Wildman–Crippen LogP) is 6.53. The van der Waals surface area contributed by atoms with Crippen LogP contribution in [-0.4, -0.2) is 33.2 Å². The minimum absolute atomic E-state index is 0.0957. The maximum atomic E-state index is 13.6. The van der Waals surface area contributed by atoms with Crippen LogP contribution in [-0.2, 0) is 9.59 Å². The molecule has 3 N–H and O–H groups in total. The normalized spacial score (nSPS) is 12.0. The van der Waals surface area contributed by atoms with Gasteiger partial charge >= 0.3 is 0 Å². The Labute approximate surface area is 251 Å². The summed E-state index contributed by atoms with van der Waals surface area (Å²) in [5, 5.41) is 19.1. The predicted molar refractivity (Wildman–Crippen MR) is 169 cm³/mol. The molecule has 1 unspecified atom stereocenters. The van der Waals surface area contributed by atoms with Crippen molar-refractivity contribution in [3.05, 3.63) is 119 Å². The largest absolute Gasteiger partial charge is 0.321 e. The van der Waals surface area contributed by atoms with E-state index < -0.39 is 17.1 Å². The van der Waals surface area contributed by atoms with E-state index in [0.29, 0.717) is 16.4 Å². The summed E-state index contributed by atoms with van der Waals surface area (Å²) in [5.74, 6) is -1.08. The molecule has 5 rings (SSSR count). The van der Waals surface area contributed by atoms with Crippen molar-refractivity contribution >= 4 is 68.5 Å². The monoisotopic (exact) mass is 593 g/mol. The molecule has 210 valence electrons. The molecule has 8 nitrogen and oxygen atoms in total. The number of amides is 3. The van der Waals surface area contributed by atoms with Gasteiger partial charge < -0.3 is 10.6 Å². The van der Waals surface area contributed by atoms with Crippen LogP contribution in [0.2, 0.25) is 0 Å². The van der Waals surface area contributed by atoms with Crippen molar-refractivity contribution < 1.29 is 14.4 Å². The quantitative estimate of drug-likeness (QED) is 0.132. The standard InChI is InChI=1S/C32H27N5O3S2/c1-20(29(38)35-32-37-36-21(2)42-32)41-26-16-9-15-25(19-26)33-31(40)28(34-30(39)23-11-4-3-5-12-23)18-24-14-8-13-22-10-6-7-17-27(22)24/h3-20H,1-2H3,(H,33,40)(H,34,39)(H,35,37,38)/b28-18+. The number of carbonyl (C=O) groups excluding carboxylic acids is 3. The zero-order chi connectivity index (χ0) is 29.5. The van der Waals surface area contributed by atoms with Gasteiger partial charge in [-0.3, -0.25) is 19.7 Å². The molecule has 1 heterocycles. The van der Waals surface area contributed by atoms with Crippen LogP contribution in [0, 0.1) is 6.92 Å². The number of rotatable bonds is 9. The van der Waals surface area contributed by atoms with Gasteiger partial charge in [0, 0.05) is 16.1 Å². The molecular formula is C32H27N5O3S2. The van der Waals surface area contributed by atoms with Gasteiger partial charge in [-0.1, -0.05) is 78.1 Å². The summed E-state index contributed by atoms with van der Waals surface area (Å²) in [7, 11) is 0. The molecule has 0 saturated heterocycles. The fourth-order valence-electron chi connectivity index (χ4n) is 4.13. The maximum absolute atomic E-state index is 13.6. The molecule has 0 aliphatic rings. The van der Waals surface area contributed by atoms with E-state index in [1.165, 1.54) is 23.1 Å². The third kappa shape index (κ3) is 7.28. The first-order chi connectivity index (χ1) is 20.4. The molecule has 0 aliphatic carbocycles. The number of nitrogens with one attached hydrogen (secondary N) is 3. The molecule has 0 radical (unpaired) electrons. The van der Waals surface area contributed by atoms with Crippen LogP contribution >= 0.6 is 23.1 Å². The van der Waals surface area contributed by atoms with Crippen LogP contribution in [0.5, 0.6) is 0 Å². The second kappa shape index (κ2) is 13.2. The van der Waals surface area contributed by atoms with Crippen molar-refractivity contribution in [2.24, 2.45) is 0 Å². The number of hydrogen-bond donors (Lipinski definition) is 3. The molecule has 1 aromatic heterocycles. The second-order valence-electron chi connectivity index (χ2n) is 9.30. The van der Waals surface area contributed by atoms with E-state index in [1.54, 1.807) is 55.5 Å². The molecule has 3 amide bonds. The van der Waals surface area contributed by atoms with Crippen LogP contribution in [0.25, 0.3) is 16.8 Å². The van der Waals surface area contributed by atoms with Gasteiger partial charge in [-0.05, 0) is 66.6 Å². The van der Waals surface area contributed by atoms with Crippen molar-refractivity contribution in [3.63, 3.8) is 0 Å². The Kier molecular flexibility index (Phi) is 9.05. The third-order valence-corrected chi connectivity index (χ3v) is 8.03. The summed E-state index contributed by atoms with van der Waals surface area (Å²) in [4.78, 5) is 40.1. The molecule has 0 saturated carbocycles. The first-order valence-electron chi connectivity index (χ1n) is 13.1. The Bertz CT molecular complexity index is 1780. The molecule has 4 aromatic carbocycles. The smallest absolute Gasteiger partial charge is 0.272 e. The van der Waals surface area contributed by atoms with Gasteiger partial charge in [-0.15, -0.1) is 22.0 Å². The van der Waals surface area contributed by atoms with E-state index in [1.807, 2.05) is 61.5 Å². The molecular weight excluding hydrogens is 567 g/mol. The number of nitrogens with zero attached hydrogens (tertiary/aromatic N) is 2. The molecule has 0 spiro atoms. The van der Waals surface area contributed by atoms with Crippen molar-refractivity contribution in [3.8, 4) is 0 Å². The zero-order valence-corrected chi connectivity index (χ0v) is 24.5. The van der Waals surface area contributed by atoms with Crippen molar-refractivity contribution in [2.75, 3.05) is 10.6 Å². The van der Waals surface area contributed by atoms with Gasteiger partial charge in [0.15, 0.2) is 0 Å². The average Bonchev–Trinajstić information content (AvgIpc) is 3.41. The summed E-state index contributed by atoms with van der Waals surface area (Å²) >= 11 is 2.66. The molecule has 0 aliphatic heterocycles. The van der Waals surface area contributed by atoms with E-state index in [0.717, 1.165) is 26.2 Å². The third-order valence-electron chi connectivity index (χ3n) is 6.18. The van der Waals surface area contributed by atoms with Crippen LogP contribution in [0.1, 0.15) is 27.9 Å². The molecule has 1 atom stereocenters. The number of anilines is 2. The maximum Gasteiger partial charge on any atom is 0.272 e. The van der Waals surface area contributed by atoms with E-state index in [2.05, 4.69) is 26.1 Å². The highest BCUT2D eigenvalue weighted by Gasteiger charge is 2.18. The summed E-state index contributed by atoms with van der Waals surface area (Å²) < 4.78 is 0. The van der Waals surface area contributed by atoms with Crippen LogP contribution in [0.15, 0.2) is 108 Å². The topological polar surface area (TPSA) is 113 Å². The Morgan fingerprint density at radius 1 is 0.857 bits per heavy atom. The Morgan fingerprint density at radius 2 is 1.60 bits per heavy atom. The Hall–Kier alpha value is -4.80. The van der Waals surface area contributed by atoms with E-state index >= 15 is 0 Å². The number of carbonyl (C=O) groups is 3. The summed E-state index contributed by atoms with van der Waals surface area (Å²) in [6.45, 7) is 3.62. The van der Waals surface area contributed by atoms with E-state index in [4.69, 9.17) is 0 Å². The van der Waals surface area contributed by atoms with Crippen molar-refractivity contribution in [1.29, 1.82) is 0 Å². The van der Waals surface area contributed by atoms with E-state index in [9.17, 15) is 14.4 Å². The lowest BCUT2D eigenvalue weighted by Gasteiger charge is -2.14. The highest BCUT2D eigenvalue weighted by atomic mass is 32.2. The summed E-state index contributed by atoms with van der Waals surface area (Å²) in [5.41, 5.74) is 1.85. The van der Waals surface area contributed by atoms with Crippen LogP contribution < -0.4 is 16.0 Å². The fourth-order valence-corrected chi connectivity index (χ4v) is 5.65. The van der Waals surface area contributed by atoms with Crippen molar-refractivity contribution in [1.82, 2.24) is 15.5 Å². The number of aryl methyl sites for hydroxylation is 1. The van der Waals surface area contributed by atoms with Gasteiger partial charge in [-0.2, -0.15) is 0 Å². The highest BCUT2D eigenvalue weighted by molar-refractivity contribution is 8.00. The lowest BCUT2D eigenvalue weighted by molar-refractivity contribution is -0.115. The lowest BCUT2D eigenvalue weighted by Crippen LogP contribution is -2.30. The average molecular weight is 594 g/mol. The molecule has 10 heteroatoms. The van der Waals surface area contributed by atoms with Crippen LogP contribution in [0.3, 0.4) is 0 Å². The molecule has 42 heavy (non-hydrogen) atoms. The number of fused-ring (bicyclic) bond motifs is 1. The van der Waals surface area contributed by atoms with Gasteiger partial charge in [0.25, 0.3) is 11.8 Å². The van der Waals surface area contributed by atoms with Gasteiger partial charge in [0.2, 0.25) is 11.0 Å². The molecule has 0 bridgehead atoms. The molecule has 0 fully saturated rings.